The van der Waals surface area contributed by atoms with Crippen molar-refractivity contribution >= 4 is 5.97 Å². The van der Waals surface area contributed by atoms with Gasteiger partial charge in [0.05, 0.1) is 12.2 Å². The number of hydrogen-bond acceptors (Lipinski definition) is 3. The molecule has 0 bridgehead atoms. The molecule has 0 heterocycles. The Morgan fingerprint density at radius 2 is 2.06 bits per heavy atom. The lowest BCUT2D eigenvalue weighted by Crippen LogP contribution is -2.41. The Morgan fingerprint density at radius 1 is 1.28 bits per heavy atom. The van der Waals surface area contributed by atoms with E-state index in [4.69, 9.17) is 4.74 Å². The van der Waals surface area contributed by atoms with Crippen molar-refractivity contribution < 1.29 is 14.6 Å². The van der Waals surface area contributed by atoms with E-state index >= 15 is 0 Å². The van der Waals surface area contributed by atoms with Crippen molar-refractivity contribution in [3.63, 3.8) is 0 Å². The highest BCUT2D eigenvalue weighted by atomic mass is 16.5. The second kappa shape index (κ2) is 7.37. The molecule has 0 saturated carbocycles. The van der Waals surface area contributed by atoms with Crippen molar-refractivity contribution in [2.45, 2.75) is 51.6 Å². The summed E-state index contributed by atoms with van der Waals surface area (Å²) in [4.78, 5) is 11.9. The van der Waals surface area contributed by atoms with Crippen LogP contribution in [0.1, 0.15) is 46.0 Å². The first-order valence-corrected chi connectivity index (χ1v) is 6.89. The van der Waals surface area contributed by atoms with Crippen molar-refractivity contribution in [1.82, 2.24) is 0 Å². The maximum absolute atomic E-state index is 11.9. The van der Waals surface area contributed by atoms with Gasteiger partial charge in [0.15, 0.2) is 0 Å². The Labute approximate surface area is 110 Å². The molecule has 0 amide bonds. The Hall–Kier alpha value is -1.09. The summed E-state index contributed by atoms with van der Waals surface area (Å²) in [5, 5.41) is 10.3. The topological polar surface area (TPSA) is 46.5 Å². The maximum atomic E-state index is 11.9. The third-order valence-corrected chi connectivity index (χ3v) is 3.40. The van der Waals surface area contributed by atoms with Crippen LogP contribution in [0, 0.1) is 5.92 Å². The average Bonchev–Trinajstić information content (AvgIpc) is 2.39. The van der Waals surface area contributed by atoms with E-state index in [1.165, 1.54) is 12.8 Å². The van der Waals surface area contributed by atoms with Crippen molar-refractivity contribution in [2.75, 3.05) is 6.61 Å². The normalized spacial score (nSPS) is 26.3. The molecule has 0 spiro atoms. The Balaban J connectivity index is 2.41. The Bertz CT molecular complexity index is 320. The van der Waals surface area contributed by atoms with Gasteiger partial charge in [-0.2, -0.15) is 0 Å². The van der Waals surface area contributed by atoms with Crippen molar-refractivity contribution in [2.24, 2.45) is 5.92 Å². The highest BCUT2D eigenvalue weighted by Crippen LogP contribution is 2.28. The fourth-order valence-corrected chi connectivity index (χ4v) is 2.08. The molecule has 1 N–H and O–H groups in total. The molecule has 102 valence electrons. The van der Waals surface area contributed by atoms with Gasteiger partial charge >= 0.3 is 5.97 Å². The number of unbranched alkanes of at least 4 members (excludes halogenated alkanes) is 3. The lowest BCUT2D eigenvalue weighted by molar-refractivity contribution is -0.153. The molecule has 0 fully saturated rings. The largest absolute Gasteiger partial charge is 0.465 e. The van der Waals surface area contributed by atoms with Crippen LogP contribution < -0.4 is 0 Å². The molecule has 2 atom stereocenters. The van der Waals surface area contributed by atoms with E-state index in [9.17, 15) is 9.90 Å². The minimum Gasteiger partial charge on any atom is -0.465 e. The number of carbonyl (C=O) groups is 1. The monoisotopic (exact) mass is 252 g/mol. The smallest absolute Gasteiger partial charge is 0.316 e. The number of aliphatic hydroxyl groups is 1. The van der Waals surface area contributed by atoms with Crippen LogP contribution in [0.4, 0.5) is 0 Å². The van der Waals surface area contributed by atoms with Crippen LogP contribution in [0.5, 0.6) is 0 Å². The second-order valence-corrected chi connectivity index (χ2v) is 4.79. The van der Waals surface area contributed by atoms with Crippen LogP contribution in [0.2, 0.25) is 0 Å². The van der Waals surface area contributed by atoms with Gasteiger partial charge in [-0.05, 0) is 12.8 Å². The quantitative estimate of drug-likeness (QED) is 0.559. The molecule has 0 saturated heterocycles. The summed E-state index contributed by atoms with van der Waals surface area (Å²) in [5.41, 5.74) is -1.09. The van der Waals surface area contributed by atoms with Crippen LogP contribution in [0.15, 0.2) is 24.3 Å². The third kappa shape index (κ3) is 3.98. The van der Waals surface area contributed by atoms with E-state index < -0.39 is 11.5 Å². The molecule has 0 radical (unpaired) electrons. The van der Waals surface area contributed by atoms with Crippen LogP contribution in [-0.4, -0.2) is 23.3 Å². The van der Waals surface area contributed by atoms with Gasteiger partial charge in [0.2, 0.25) is 0 Å². The molecule has 0 aliphatic heterocycles. The predicted molar refractivity (Wildman–Crippen MR) is 72.1 cm³/mol. The van der Waals surface area contributed by atoms with Gasteiger partial charge in [-0.25, -0.2) is 0 Å². The van der Waals surface area contributed by atoms with Crippen molar-refractivity contribution in [3.05, 3.63) is 24.3 Å². The van der Waals surface area contributed by atoms with Gasteiger partial charge in [0, 0.05) is 0 Å². The second-order valence-electron chi connectivity index (χ2n) is 4.79. The standard InChI is InChI=1S/C15H24O3/c1-3-5-6-9-12-18-14(16)13-10-7-8-11-15(13,17)4-2/h7-8,10-11,13,17H,3-6,9,12H2,1-2H3. The molecule has 0 aromatic heterocycles. The first kappa shape index (κ1) is 15.0. The number of rotatable bonds is 7. The highest BCUT2D eigenvalue weighted by molar-refractivity contribution is 5.77. The molecule has 18 heavy (non-hydrogen) atoms. The summed E-state index contributed by atoms with van der Waals surface area (Å²) < 4.78 is 5.24. The number of allylic oxidation sites excluding steroid dienone is 2. The van der Waals surface area contributed by atoms with Crippen molar-refractivity contribution in [1.29, 1.82) is 0 Å². The molecule has 1 aliphatic carbocycles. The summed E-state index contributed by atoms with van der Waals surface area (Å²) in [5.74, 6) is -0.893. The van der Waals surface area contributed by atoms with E-state index in [1.807, 2.05) is 6.92 Å². The van der Waals surface area contributed by atoms with Gasteiger partial charge in [0.1, 0.15) is 5.92 Å². The molecule has 3 nitrogen and oxygen atoms in total. The first-order chi connectivity index (χ1) is 8.64. The van der Waals surface area contributed by atoms with Gasteiger partial charge in [0.25, 0.3) is 0 Å². The summed E-state index contributed by atoms with van der Waals surface area (Å²) in [6, 6.07) is 0. The van der Waals surface area contributed by atoms with Gasteiger partial charge in [-0.1, -0.05) is 57.4 Å². The van der Waals surface area contributed by atoms with E-state index in [2.05, 4.69) is 6.92 Å². The lowest BCUT2D eigenvalue weighted by atomic mass is 9.82. The molecule has 2 unspecified atom stereocenters. The predicted octanol–water partition coefficient (Wildman–Crippen LogP) is 2.99. The van der Waals surface area contributed by atoms with Gasteiger partial charge < -0.3 is 9.84 Å². The number of hydrogen-bond donors (Lipinski definition) is 1. The fourth-order valence-electron chi connectivity index (χ4n) is 2.08. The average molecular weight is 252 g/mol. The van der Waals surface area contributed by atoms with Crippen LogP contribution in [0.25, 0.3) is 0 Å². The molecule has 1 rings (SSSR count). The zero-order valence-corrected chi connectivity index (χ0v) is 11.4. The molecule has 0 aromatic carbocycles. The zero-order valence-electron chi connectivity index (χ0n) is 11.4. The summed E-state index contributed by atoms with van der Waals surface area (Å²) in [7, 11) is 0. The van der Waals surface area contributed by atoms with E-state index in [0.717, 1.165) is 12.8 Å². The van der Waals surface area contributed by atoms with Gasteiger partial charge in [-0.15, -0.1) is 0 Å². The Morgan fingerprint density at radius 3 is 2.72 bits per heavy atom. The zero-order chi connectivity index (χ0) is 13.4. The third-order valence-electron chi connectivity index (χ3n) is 3.40. The van der Waals surface area contributed by atoms with Crippen molar-refractivity contribution in [3.8, 4) is 0 Å². The van der Waals surface area contributed by atoms with Crippen LogP contribution in [0.3, 0.4) is 0 Å². The van der Waals surface area contributed by atoms with E-state index in [1.54, 1.807) is 24.3 Å². The van der Waals surface area contributed by atoms with Crippen LogP contribution >= 0.6 is 0 Å². The minimum atomic E-state index is -1.09. The minimum absolute atomic E-state index is 0.323. The summed E-state index contributed by atoms with van der Waals surface area (Å²) >= 11 is 0. The SMILES string of the molecule is CCCCCCOC(=O)C1C=CC=CC1(O)CC. The fraction of sp³-hybridized carbons (Fsp3) is 0.667. The molecular weight excluding hydrogens is 228 g/mol. The van der Waals surface area contributed by atoms with Crippen LogP contribution in [-0.2, 0) is 9.53 Å². The van der Waals surface area contributed by atoms with E-state index in [-0.39, 0.29) is 5.97 Å². The molecular formula is C15H24O3. The summed E-state index contributed by atoms with van der Waals surface area (Å²) in [6.07, 6.45) is 11.8. The molecule has 1 aliphatic rings. The number of carbonyl (C=O) groups excluding carboxylic acids is 1. The number of esters is 1. The van der Waals surface area contributed by atoms with E-state index in [0.29, 0.717) is 13.0 Å². The maximum Gasteiger partial charge on any atom is 0.316 e. The first-order valence-electron chi connectivity index (χ1n) is 6.89. The molecule has 3 heteroatoms. The Kier molecular flexibility index (Phi) is 6.13. The van der Waals surface area contributed by atoms with Gasteiger partial charge in [-0.3, -0.25) is 4.79 Å². The highest BCUT2D eigenvalue weighted by Gasteiger charge is 2.38. The number of ether oxygens (including phenoxy) is 1. The molecule has 0 aromatic rings. The summed E-state index contributed by atoms with van der Waals surface area (Å²) in [6.45, 7) is 4.46. The lowest BCUT2D eigenvalue weighted by Gasteiger charge is -2.30.